The number of esters is 1. The van der Waals surface area contributed by atoms with E-state index in [0.29, 0.717) is 60.0 Å². The van der Waals surface area contributed by atoms with Crippen LogP contribution in [0.25, 0.3) is 0 Å². The van der Waals surface area contributed by atoms with Gasteiger partial charge in [0, 0.05) is 50.5 Å². The fourth-order valence-electron chi connectivity index (χ4n) is 4.97. The molecule has 1 aliphatic carbocycles. The molecule has 1 fully saturated rings. The Kier molecular flexibility index (Phi) is 13.8. The summed E-state index contributed by atoms with van der Waals surface area (Å²) in [4.78, 5) is 15.8. The number of nitrogens with one attached hydrogen (secondary N) is 1. The lowest BCUT2D eigenvalue weighted by Gasteiger charge is -2.26. The number of sulfonamides is 1. The van der Waals surface area contributed by atoms with Crippen molar-refractivity contribution in [1.82, 2.24) is 10.2 Å². The Balaban J connectivity index is 1.69. The third kappa shape index (κ3) is 11.4. The van der Waals surface area contributed by atoms with E-state index >= 15 is 0 Å². The number of benzene rings is 2. The summed E-state index contributed by atoms with van der Waals surface area (Å²) in [6, 6.07) is 8.67. The van der Waals surface area contributed by atoms with E-state index in [2.05, 4.69) is 5.32 Å². The zero-order valence-corrected chi connectivity index (χ0v) is 30.0. The van der Waals surface area contributed by atoms with Gasteiger partial charge in [0.15, 0.2) is 11.5 Å². The van der Waals surface area contributed by atoms with Crippen molar-refractivity contribution in [1.29, 1.82) is 0 Å². The van der Waals surface area contributed by atoms with Gasteiger partial charge in [-0.2, -0.15) is 8.78 Å². The second-order valence-electron chi connectivity index (χ2n) is 11.7. The van der Waals surface area contributed by atoms with Crippen LogP contribution in [-0.4, -0.2) is 92.8 Å². The smallest absolute Gasteiger partial charge is 0.387 e. The Morgan fingerprint density at radius 3 is 2.45 bits per heavy atom. The van der Waals surface area contributed by atoms with E-state index in [4.69, 9.17) is 46.9 Å². The van der Waals surface area contributed by atoms with E-state index < -0.39 is 28.7 Å². The minimum atomic E-state index is -3.78. The molecular weight excluding hydrogens is 707 g/mol. The van der Waals surface area contributed by atoms with Crippen molar-refractivity contribution >= 4 is 44.9 Å². The molecule has 1 N–H and O–H groups in total. The van der Waals surface area contributed by atoms with Gasteiger partial charge in [-0.25, -0.2) is 13.2 Å². The van der Waals surface area contributed by atoms with Crippen LogP contribution in [0, 0.1) is 5.92 Å². The van der Waals surface area contributed by atoms with Crippen LogP contribution >= 0.6 is 23.2 Å². The van der Waals surface area contributed by atoms with Crippen LogP contribution in [0.15, 0.2) is 58.2 Å². The first-order valence-electron chi connectivity index (χ1n) is 15.5. The van der Waals surface area contributed by atoms with Crippen LogP contribution in [-0.2, 0) is 19.5 Å². The molecule has 0 amide bonds. The van der Waals surface area contributed by atoms with Crippen molar-refractivity contribution < 1.29 is 45.7 Å². The molecule has 1 atom stereocenters. The summed E-state index contributed by atoms with van der Waals surface area (Å²) in [6.07, 6.45) is 3.59. The highest BCUT2D eigenvalue weighted by Crippen LogP contribution is 2.40. The summed E-state index contributed by atoms with van der Waals surface area (Å²) < 4.78 is 80.7. The Labute approximate surface area is 295 Å². The highest BCUT2D eigenvalue weighted by molar-refractivity contribution is 7.92. The van der Waals surface area contributed by atoms with Crippen molar-refractivity contribution in [2.24, 2.45) is 5.92 Å². The predicted molar refractivity (Wildman–Crippen MR) is 183 cm³/mol. The molecule has 0 bridgehead atoms. The molecule has 2 aromatic carbocycles. The first-order valence-corrected chi connectivity index (χ1v) is 18.1. The van der Waals surface area contributed by atoms with Crippen LogP contribution in [0.5, 0.6) is 17.2 Å². The molecule has 49 heavy (non-hydrogen) atoms. The van der Waals surface area contributed by atoms with Gasteiger partial charge in [0.1, 0.15) is 11.9 Å². The fraction of sp³-hybridized carbons (Fsp3) is 0.485. The number of hydrogen-bond donors (Lipinski definition) is 1. The molecule has 0 radical (unpaired) electrons. The number of ether oxygens (including phenoxy) is 5. The van der Waals surface area contributed by atoms with Gasteiger partial charge in [-0.05, 0) is 61.2 Å². The molecule has 2 aromatic rings. The van der Waals surface area contributed by atoms with Gasteiger partial charge < -0.3 is 33.9 Å². The summed E-state index contributed by atoms with van der Waals surface area (Å²) in [5.41, 5.74) is 1.13. The lowest BCUT2D eigenvalue weighted by atomic mass is 9.99. The van der Waals surface area contributed by atoms with Gasteiger partial charge in [0.05, 0.1) is 49.4 Å². The lowest BCUT2D eigenvalue weighted by Crippen LogP contribution is -2.38. The molecule has 1 aliphatic heterocycles. The normalized spacial score (nSPS) is 15.5. The average molecular weight is 749 g/mol. The maximum atomic E-state index is 13.9. The molecule has 0 spiro atoms. The summed E-state index contributed by atoms with van der Waals surface area (Å²) in [5, 5.41) is 3.67. The van der Waals surface area contributed by atoms with Crippen molar-refractivity contribution in [3.05, 3.63) is 69.4 Å². The lowest BCUT2D eigenvalue weighted by molar-refractivity contribution is -0.0515. The van der Waals surface area contributed by atoms with E-state index in [0.717, 1.165) is 19.1 Å². The number of carbonyl (C=O) groups excluding carboxylic acids is 1. The first-order chi connectivity index (χ1) is 23.3. The monoisotopic (exact) mass is 747 g/mol. The van der Waals surface area contributed by atoms with Crippen molar-refractivity contribution in [2.45, 2.75) is 32.0 Å². The average Bonchev–Trinajstić information content (AvgIpc) is 3.88. The van der Waals surface area contributed by atoms with Gasteiger partial charge in [-0.15, -0.1) is 0 Å². The second kappa shape index (κ2) is 17.6. The molecule has 0 saturated heterocycles. The fourth-order valence-corrected chi connectivity index (χ4v) is 6.44. The van der Waals surface area contributed by atoms with E-state index in [1.807, 2.05) is 11.9 Å². The molecule has 2 aliphatic rings. The Morgan fingerprint density at radius 2 is 1.82 bits per heavy atom. The SMILES string of the molecule is COCCN(C)CCN(c1cc(OC)cc(C(=O)O[C@@H](CC2=C(Cl)CNC=C2Cl)c2ccc(OC(F)F)c(OCC3CC3)c2)c1)S(C)(=O)=O. The predicted octanol–water partition coefficient (Wildman–Crippen LogP) is 5.89. The molecular formula is C33H41Cl2F2N3O8S. The zero-order chi connectivity index (χ0) is 35.7. The van der Waals surface area contributed by atoms with Gasteiger partial charge >= 0.3 is 12.6 Å². The van der Waals surface area contributed by atoms with Crippen LogP contribution in [0.4, 0.5) is 14.5 Å². The molecule has 0 aromatic heterocycles. The van der Waals surface area contributed by atoms with Crippen LogP contribution in [0.1, 0.15) is 41.3 Å². The van der Waals surface area contributed by atoms with Crippen molar-refractivity contribution in [3.8, 4) is 17.2 Å². The number of halogens is 4. The molecule has 11 nitrogen and oxygen atoms in total. The van der Waals surface area contributed by atoms with Gasteiger partial charge in [-0.3, -0.25) is 4.31 Å². The van der Waals surface area contributed by atoms with Crippen LogP contribution < -0.4 is 23.8 Å². The minimum Gasteiger partial charge on any atom is -0.497 e. The Morgan fingerprint density at radius 1 is 1.06 bits per heavy atom. The maximum absolute atomic E-state index is 13.9. The van der Waals surface area contributed by atoms with E-state index in [9.17, 15) is 22.0 Å². The number of allylic oxidation sites excluding steroid dienone is 1. The first kappa shape index (κ1) is 38.5. The number of hydrogen-bond acceptors (Lipinski definition) is 10. The van der Waals surface area contributed by atoms with E-state index in [1.54, 1.807) is 13.3 Å². The summed E-state index contributed by atoms with van der Waals surface area (Å²) in [7, 11) is 1.04. The number of dihydropyridines is 1. The third-order valence-corrected chi connectivity index (χ3v) is 9.77. The summed E-state index contributed by atoms with van der Waals surface area (Å²) in [5.74, 6) is -0.358. The number of alkyl halides is 2. The van der Waals surface area contributed by atoms with Crippen molar-refractivity contribution in [3.63, 3.8) is 0 Å². The molecule has 1 heterocycles. The van der Waals surface area contributed by atoms with Gasteiger partial charge in [-0.1, -0.05) is 29.3 Å². The third-order valence-electron chi connectivity index (χ3n) is 7.88. The molecule has 1 saturated carbocycles. The molecule has 4 rings (SSSR count). The number of nitrogens with zero attached hydrogens (tertiary/aromatic N) is 2. The molecule has 16 heteroatoms. The van der Waals surface area contributed by atoms with Crippen LogP contribution in [0.2, 0.25) is 0 Å². The van der Waals surface area contributed by atoms with Crippen LogP contribution in [0.3, 0.4) is 0 Å². The molecule has 270 valence electrons. The second-order valence-corrected chi connectivity index (χ2v) is 14.5. The Hall–Kier alpha value is -3.30. The van der Waals surface area contributed by atoms with E-state index in [-0.39, 0.29) is 41.5 Å². The largest absolute Gasteiger partial charge is 0.497 e. The van der Waals surface area contributed by atoms with Crippen molar-refractivity contribution in [2.75, 3.05) is 71.2 Å². The standard InChI is InChI=1S/C33H41Cl2F2N3O8S/c1-39(11-12-44-2)9-10-40(49(4,42)43)24-13-23(14-25(16-24)45-3)32(41)47-30(17-26-27(34)18-38-19-28(26)35)22-7-8-29(48-33(36)37)31(15-22)46-20-21-5-6-21/h7-8,13-16,18,21,30,33,38H,5-6,9-12,17,19-20H2,1-4H3/t30-/m0/s1. The van der Waals surface area contributed by atoms with Gasteiger partial charge in [0.25, 0.3) is 0 Å². The number of anilines is 1. The Bertz CT molecular complexity index is 1640. The zero-order valence-electron chi connectivity index (χ0n) is 27.7. The highest BCUT2D eigenvalue weighted by Gasteiger charge is 2.28. The topological polar surface area (TPSA) is 116 Å². The van der Waals surface area contributed by atoms with Gasteiger partial charge in [0.2, 0.25) is 10.0 Å². The molecule has 0 unspecified atom stereocenters. The quantitative estimate of drug-likeness (QED) is 0.174. The maximum Gasteiger partial charge on any atom is 0.387 e. The number of methoxy groups -OCH3 is 2. The number of rotatable bonds is 19. The van der Waals surface area contributed by atoms with E-state index in [1.165, 1.54) is 47.8 Å². The minimum absolute atomic E-state index is 0.00984. The number of carbonyl (C=O) groups is 1. The number of likely N-dealkylation sites (N-methyl/N-ethyl adjacent to an activating group) is 1. The summed E-state index contributed by atoms with van der Waals surface area (Å²) >= 11 is 13.0. The highest BCUT2D eigenvalue weighted by atomic mass is 35.5. The summed E-state index contributed by atoms with van der Waals surface area (Å²) in [6.45, 7) is -0.936.